The van der Waals surface area contributed by atoms with E-state index in [1.165, 1.54) is 26.2 Å². The molecule has 1 aliphatic heterocycles. The first kappa shape index (κ1) is 22.5. The van der Waals surface area contributed by atoms with Crippen molar-refractivity contribution in [2.75, 3.05) is 12.4 Å². The summed E-state index contributed by atoms with van der Waals surface area (Å²) in [6.07, 6.45) is -5.73. The van der Waals surface area contributed by atoms with Crippen LogP contribution in [0.2, 0.25) is 0 Å². The fourth-order valence-corrected chi connectivity index (χ4v) is 3.53. The number of carbonyl (C=O) groups excluding carboxylic acids is 2. The smallest absolute Gasteiger partial charge is 0.405 e. The Hall–Kier alpha value is -3.15. The number of methoxy groups -OCH3 is 1. The third-order valence-electron chi connectivity index (χ3n) is 4.80. The average molecular weight is 436 g/mol. The van der Waals surface area contributed by atoms with Crippen LogP contribution in [0.5, 0.6) is 5.75 Å². The van der Waals surface area contributed by atoms with Gasteiger partial charge in [0.05, 0.1) is 5.60 Å². The highest BCUT2D eigenvalue weighted by molar-refractivity contribution is 5.91. The Morgan fingerprint density at radius 3 is 2.58 bits per heavy atom. The van der Waals surface area contributed by atoms with Crippen LogP contribution in [-0.2, 0) is 19.0 Å². The number of amides is 2. The molecule has 3 rings (SSSR count). The summed E-state index contributed by atoms with van der Waals surface area (Å²) in [5.41, 5.74) is 3.60. The van der Waals surface area contributed by atoms with Crippen LogP contribution in [-0.4, -0.2) is 54.4 Å². The highest BCUT2D eigenvalue weighted by Crippen LogP contribution is 2.34. The molecule has 1 fully saturated rings. The molecular formula is C20H24N2O9. The Morgan fingerprint density at radius 2 is 1.97 bits per heavy atom. The van der Waals surface area contributed by atoms with Crippen LogP contribution in [0.25, 0.3) is 11.0 Å². The molecular weight excluding hydrogens is 412 g/mol. The number of nitrogens with one attached hydrogen (secondary N) is 1. The summed E-state index contributed by atoms with van der Waals surface area (Å²) in [6, 6.07) is 6.07. The van der Waals surface area contributed by atoms with Crippen molar-refractivity contribution in [2.24, 2.45) is 5.73 Å². The number of primary amides is 1. The minimum absolute atomic E-state index is 0.00897. The van der Waals surface area contributed by atoms with Crippen LogP contribution in [0.4, 0.5) is 10.5 Å². The number of hydrogen-bond donors (Lipinski definition) is 3. The van der Waals surface area contributed by atoms with Crippen molar-refractivity contribution in [1.82, 2.24) is 0 Å². The van der Waals surface area contributed by atoms with Gasteiger partial charge in [-0.25, -0.2) is 9.59 Å². The molecule has 2 amide bonds. The number of aliphatic hydroxyl groups is 1. The van der Waals surface area contributed by atoms with Gasteiger partial charge in [0, 0.05) is 25.5 Å². The third-order valence-corrected chi connectivity index (χ3v) is 4.80. The van der Waals surface area contributed by atoms with Crippen molar-refractivity contribution in [2.45, 2.75) is 51.0 Å². The molecule has 1 aromatic carbocycles. The van der Waals surface area contributed by atoms with Crippen molar-refractivity contribution >= 4 is 28.7 Å². The van der Waals surface area contributed by atoms with Crippen molar-refractivity contribution in [1.29, 1.82) is 0 Å². The van der Waals surface area contributed by atoms with E-state index in [1.54, 1.807) is 26.0 Å². The molecule has 0 spiro atoms. The van der Waals surface area contributed by atoms with Crippen LogP contribution in [0, 0.1) is 0 Å². The Balaban J connectivity index is 1.92. The van der Waals surface area contributed by atoms with Gasteiger partial charge in [-0.1, -0.05) is 0 Å². The van der Waals surface area contributed by atoms with E-state index < -0.39 is 47.8 Å². The van der Waals surface area contributed by atoms with Crippen LogP contribution < -0.4 is 21.4 Å². The highest BCUT2D eigenvalue weighted by atomic mass is 16.7. The molecule has 0 saturated carbocycles. The third kappa shape index (κ3) is 4.79. The van der Waals surface area contributed by atoms with Gasteiger partial charge in [0.25, 0.3) is 0 Å². The first-order valence-corrected chi connectivity index (χ1v) is 9.38. The molecule has 1 unspecified atom stereocenters. The summed E-state index contributed by atoms with van der Waals surface area (Å²) in [5.74, 6) is -0.193. The van der Waals surface area contributed by atoms with E-state index in [9.17, 15) is 19.5 Å². The SMILES string of the molecule is CO[C@@H]1[C@H](O)[C@H](OC(N)=O)C(Oc2ccc3cc(NC(C)=O)c(=O)oc3c2)OC1(C)C. The maximum Gasteiger partial charge on any atom is 0.405 e. The monoisotopic (exact) mass is 436 g/mol. The number of carbonyl (C=O) groups is 2. The van der Waals surface area contributed by atoms with E-state index in [-0.39, 0.29) is 17.0 Å². The molecule has 0 bridgehead atoms. The number of aliphatic hydroxyl groups excluding tert-OH is 1. The largest absolute Gasteiger partial charge is 0.461 e. The zero-order valence-electron chi connectivity index (χ0n) is 17.4. The van der Waals surface area contributed by atoms with Gasteiger partial charge in [0.2, 0.25) is 12.2 Å². The number of benzene rings is 1. The standard InChI is InChI=1S/C20H24N2O9/c1-9(23)22-12-7-10-5-6-11(8-13(10)29-17(12)25)28-18-15(30-19(21)26)14(24)16(27-4)20(2,3)31-18/h5-8,14-16,18,24H,1-4H3,(H2,21,26)(H,22,23)/t14-,15+,16-,18?/m1/s1. The van der Waals surface area contributed by atoms with E-state index in [2.05, 4.69) is 5.32 Å². The highest BCUT2D eigenvalue weighted by Gasteiger charge is 2.52. The van der Waals surface area contributed by atoms with Crippen molar-refractivity contribution in [3.05, 3.63) is 34.7 Å². The minimum Gasteiger partial charge on any atom is -0.461 e. The predicted molar refractivity (Wildman–Crippen MR) is 108 cm³/mol. The van der Waals surface area contributed by atoms with E-state index in [4.69, 9.17) is 29.1 Å². The molecule has 0 radical (unpaired) electrons. The molecule has 2 heterocycles. The first-order chi connectivity index (χ1) is 14.5. The lowest BCUT2D eigenvalue weighted by molar-refractivity contribution is -0.304. The summed E-state index contributed by atoms with van der Waals surface area (Å²) in [6.45, 7) is 4.65. The lowest BCUT2D eigenvalue weighted by Crippen LogP contribution is -2.65. The first-order valence-electron chi connectivity index (χ1n) is 9.38. The second-order valence-electron chi connectivity index (χ2n) is 7.58. The van der Waals surface area contributed by atoms with Crippen molar-refractivity contribution in [3.8, 4) is 5.75 Å². The van der Waals surface area contributed by atoms with E-state index >= 15 is 0 Å². The molecule has 0 aliphatic carbocycles. The van der Waals surface area contributed by atoms with E-state index in [0.29, 0.717) is 5.39 Å². The topological polar surface area (TPSA) is 160 Å². The van der Waals surface area contributed by atoms with Gasteiger partial charge in [-0.15, -0.1) is 0 Å². The number of anilines is 1. The summed E-state index contributed by atoms with van der Waals surface area (Å²) >= 11 is 0. The summed E-state index contributed by atoms with van der Waals surface area (Å²) < 4.78 is 27.3. The Labute approximate surface area is 177 Å². The molecule has 11 nitrogen and oxygen atoms in total. The fraction of sp³-hybridized carbons (Fsp3) is 0.450. The molecule has 4 atom stereocenters. The molecule has 31 heavy (non-hydrogen) atoms. The molecule has 1 saturated heterocycles. The molecule has 1 aromatic heterocycles. The van der Waals surface area contributed by atoms with Crippen LogP contribution in [0.15, 0.2) is 33.5 Å². The maximum atomic E-state index is 12.1. The fourth-order valence-electron chi connectivity index (χ4n) is 3.53. The molecule has 4 N–H and O–H groups in total. The van der Waals surface area contributed by atoms with Gasteiger partial charge in [0.1, 0.15) is 29.2 Å². The normalized spacial score (nSPS) is 25.1. The number of ether oxygens (including phenoxy) is 4. The van der Waals surface area contributed by atoms with Crippen LogP contribution >= 0.6 is 0 Å². The Morgan fingerprint density at radius 1 is 1.26 bits per heavy atom. The molecule has 1 aliphatic rings. The van der Waals surface area contributed by atoms with Crippen LogP contribution in [0.3, 0.4) is 0 Å². The van der Waals surface area contributed by atoms with Gasteiger partial charge < -0.3 is 39.5 Å². The summed E-state index contributed by atoms with van der Waals surface area (Å²) in [4.78, 5) is 34.6. The number of hydrogen-bond acceptors (Lipinski definition) is 9. The van der Waals surface area contributed by atoms with Gasteiger partial charge >= 0.3 is 11.7 Å². The Kier molecular flexibility index (Phi) is 6.20. The molecule has 2 aromatic rings. The zero-order valence-corrected chi connectivity index (χ0v) is 17.4. The van der Waals surface area contributed by atoms with E-state index in [0.717, 1.165) is 0 Å². The van der Waals surface area contributed by atoms with Gasteiger partial charge in [-0.2, -0.15) is 0 Å². The second kappa shape index (κ2) is 8.53. The van der Waals surface area contributed by atoms with Crippen LogP contribution in [0.1, 0.15) is 20.8 Å². The second-order valence-corrected chi connectivity index (χ2v) is 7.58. The average Bonchev–Trinajstić information content (AvgIpc) is 2.65. The zero-order chi connectivity index (χ0) is 22.9. The minimum atomic E-state index is -1.29. The predicted octanol–water partition coefficient (Wildman–Crippen LogP) is 1.10. The Bertz CT molecular complexity index is 1050. The number of fused-ring (bicyclic) bond motifs is 1. The van der Waals surface area contributed by atoms with Crippen molar-refractivity contribution < 1.29 is 38.1 Å². The lowest BCUT2D eigenvalue weighted by Gasteiger charge is -2.47. The lowest BCUT2D eigenvalue weighted by atomic mass is 9.89. The van der Waals surface area contributed by atoms with E-state index in [1.807, 2.05) is 0 Å². The summed E-state index contributed by atoms with van der Waals surface area (Å²) in [5, 5.41) is 13.6. The molecule has 168 valence electrons. The number of rotatable bonds is 5. The van der Waals surface area contributed by atoms with Crippen molar-refractivity contribution in [3.63, 3.8) is 0 Å². The van der Waals surface area contributed by atoms with Gasteiger partial charge in [-0.3, -0.25) is 4.79 Å². The van der Waals surface area contributed by atoms with Gasteiger partial charge in [-0.05, 0) is 32.0 Å². The van der Waals surface area contributed by atoms with Gasteiger partial charge in [0.15, 0.2) is 6.10 Å². The number of nitrogens with two attached hydrogens (primary N) is 1. The summed E-state index contributed by atoms with van der Waals surface area (Å²) in [7, 11) is 1.39. The quantitative estimate of drug-likeness (QED) is 0.583. The maximum absolute atomic E-state index is 12.1. The molecule has 11 heteroatoms.